The van der Waals surface area contributed by atoms with E-state index in [1.54, 1.807) is 18.2 Å². The third-order valence-electron chi connectivity index (χ3n) is 3.67. The average Bonchev–Trinajstić information content (AvgIpc) is 2.33. The topological polar surface area (TPSA) is 40.5 Å². The van der Waals surface area contributed by atoms with Crippen molar-refractivity contribution in [1.29, 1.82) is 0 Å². The van der Waals surface area contributed by atoms with Crippen LogP contribution in [0.4, 0.5) is 0 Å². The molecule has 1 fully saturated rings. The summed E-state index contributed by atoms with van der Waals surface area (Å²) in [5.41, 5.74) is 0.939. The summed E-state index contributed by atoms with van der Waals surface area (Å²) in [6.07, 6.45) is 3.13. The minimum Gasteiger partial charge on any atom is -0.508 e. The molecule has 1 heterocycles. The zero-order valence-corrected chi connectivity index (χ0v) is 10.2. The van der Waals surface area contributed by atoms with Crippen molar-refractivity contribution < 1.29 is 9.90 Å². The van der Waals surface area contributed by atoms with Gasteiger partial charge in [-0.2, -0.15) is 0 Å². The first-order valence-corrected chi connectivity index (χ1v) is 6.13. The van der Waals surface area contributed by atoms with Crippen molar-refractivity contribution >= 4 is 6.29 Å². The number of phenolic OH excluding ortho intramolecular Hbond substituents is 1. The molecule has 0 spiro atoms. The van der Waals surface area contributed by atoms with Crippen LogP contribution >= 0.6 is 0 Å². The summed E-state index contributed by atoms with van der Waals surface area (Å²) >= 11 is 0. The molecule has 0 aromatic heterocycles. The molecule has 1 saturated heterocycles. The summed E-state index contributed by atoms with van der Waals surface area (Å²) in [5.74, 6) is 0.573. The average molecular weight is 233 g/mol. The molecular weight excluding hydrogens is 214 g/mol. The number of carbonyl (C=O) groups is 1. The molecule has 0 radical (unpaired) electrons. The molecule has 1 aromatic rings. The highest BCUT2D eigenvalue weighted by molar-refractivity contribution is 5.63. The number of carbonyl (C=O) groups excluding carboxylic acids is 1. The van der Waals surface area contributed by atoms with Gasteiger partial charge in [0.1, 0.15) is 12.0 Å². The van der Waals surface area contributed by atoms with Gasteiger partial charge in [-0.15, -0.1) is 0 Å². The molecule has 0 aliphatic carbocycles. The van der Waals surface area contributed by atoms with E-state index in [4.69, 9.17) is 0 Å². The maximum absolute atomic E-state index is 11.3. The fourth-order valence-corrected chi connectivity index (χ4v) is 2.58. The van der Waals surface area contributed by atoms with Gasteiger partial charge in [-0.25, -0.2) is 0 Å². The van der Waals surface area contributed by atoms with Gasteiger partial charge in [0.2, 0.25) is 0 Å². The monoisotopic (exact) mass is 233 g/mol. The van der Waals surface area contributed by atoms with Gasteiger partial charge in [0.05, 0.1) is 0 Å². The Morgan fingerprint density at radius 2 is 2.12 bits per heavy atom. The molecule has 1 unspecified atom stereocenters. The van der Waals surface area contributed by atoms with Crippen LogP contribution in [0.3, 0.4) is 0 Å². The van der Waals surface area contributed by atoms with E-state index >= 15 is 0 Å². The van der Waals surface area contributed by atoms with Crippen LogP contribution in [0.2, 0.25) is 0 Å². The fourth-order valence-electron chi connectivity index (χ4n) is 2.58. The molecule has 0 amide bonds. The van der Waals surface area contributed by atoms with Crippen LogP contribution in [0.1, 0.15) is 24.3 Å². The predicted octanol–water partition coefficient (Wildman–Crippen LogP) is 2.02. The lowest BCUT2D eigenvalue weighted by atomic mass is 9.81. The molecule has 1 aromatic carbocycles. The summed E-state index contributed by atoms with van der Waals surface area (Å²) in [7, 11) is 2.11. The highest BCUT2D eigenvalue weighted by atomic mass is 16.3. The van der Waals surface area contributed by atoms with Crippen molar-refractivity contribution in [3.05, 3.63) is 29.8 Å². The molecule has 0 saturated carbocycles. The van der Waals surface area contributed by atoms with Gasteiger partial charge < -0.3 is 14.8 Å². The van der Waals surface area contributed by atoms with E-state index in [0.717, 1.165) is 37.8 Å². The minimum atomic E-state index is -0.0733. The quantitative estimate of drug-likeness (QED) is 0.812. The van der Waals surface area contributed by atoms with Crippen molar-refractivity contribution in [2.75, 3.05) is 20.1 Å². The number of hydrogen-bond donors (Lipinski definition) is 1. The van der Waals surface area contributed by atoms with Crippen molar-refractivity contribution in [2.45, 2.75) is 18.8 Å². The second-order valence-electron chi connectivity index (χ2n) is 4.90. The van der Waals surface area contributed by atoms with Gasteiger partial charge in [0.15, 0.2) is 0 Å². The molecule has 92 valence electrons. The van der Waals surface area contributed by atoms with Gasteiger partial charge in [0, 0.05) is 5.92 Å². The number of aromatic hydroxyl groups is 1. The highest BCUT2D eigenvalue weighted by Crippen LogP contribution is 2.32. The Hall–Kier alpha value is -1.35. The summed E-state index contributed by atoms with van der Waals surface area (Å²) in [5, 5.41) is 9.47. The normalized spacial score (nSPS) is 20.1. The first-order valence-electron chi connectivity index (χ1n) is 6.13. The van der Waals surface area contributed by atoms with E-state index in [-0.39, 0.29) is 11.7 Å². The summed E-state index contributed by atoms with van der Waals surface area (Å²) in [4.78, 5) is 13.6. The number of hydrogen-bond acceptors (Lipinski definition) is 3. The van der Waals surface area contributed by atoms with Gasteiger partial charge in [-0.1, -0.05) is 12.1 Å². The number of likely N-dealkylation sites (tertiary alicyclic amines) is 1. The van der Waals surface area contributed by atoms with Crippen molar-refractivity contribution in [3.8, 4) is 5.75 Å². The third-order valence-corrected chi connectivity index (χ3v) is 3.67. The molecule has 2 rings (SSSR count). The molecular formula is C14H19NO2. The van der Waals surface area contributed by atoms with E-state index < -0.39 is 0 Å². The molecule has 0 bridgehead atoms. The van der Waals surface area contributed by atoms with E-state index in [9.17, 15) is 9.90 Å². The summed E-state index contributed by atoms with van der Waals surface area (Å²) in [6, 6.07) is 7.07. The van der Waals surface area contributed by atoms with Gasteiger partial charge in [-0.3, -0.25) is 0 Å². The molecule has 3 heteroatoms. The SMILES string of the molecule is CN1CCC(C(C=O)c2cccc(O)c2)CC1. The van der Waals surface area contributed by atoms with Crippen LogP contribution in [0.15, 0.2) is 24.3 Å². The van der Waals surface area contributed by atoms with Gasteiger partial charge in [-0.05, 0) is 56.6 Å². The van der Waals surface area contributed by atoms with Crippen molar-refractivity contribution in [1.82, 2.24) is 4.90 Å². The van der Waals surface area contributed by atoms with Crippen LogP contribution in [0.5, 0.6) is 5.75 Å². The number of benzene rings is 1. The Balaban J connectivity index is 2.13. The number of piperidine rings is 1. The second kappa shape index (κ2) is 5.32. The summed E-state index contributed by atoms with van der Waals surface area (Å²) in [6.45, 7) is 2.10. The Labute approximate surface area is 102 Å². The highest BCUT2D eigenvalue weighted by Gasteiger charge is 2.26. The molecule has 3 nitrogen and oxygen atoms in total. The Kier molecular flexibility index (Phi) is 3.79. The predicted molar refractivity (Wildman–Crippen MR) is 67.1 cm³/mol. The first kappa shape index (κ1) is 12.1. The van der Waals surface area contributed by atoms with Crippen LogP contribution in [-0.4, -0.2) is 36.4 Å². The van der Waals surface area contributed by atoms with E-state index in [2.05, 4.69) is 11.9 Å². The fraction of sp³-hybridized carbons (Fsp3) is 0.500. The van der Waals surface area contributed by atoms with Gasteiger partial charge in [0.25, 0.3) is 0 Å². The minimum absolute atomic E-state index is 0.0733. The molecule has 1 N–H and O–H groups in total. The molecule has 1 atom stereocenters. The Bertz CT molecular complexity index is 384. The number of phenols is 1. The van der Waals surface area contributed by atoms with Gasteiger partial charge >= 0.3 is 0 Å². The number of nitrogens with zero attached hydrogens (tertiary/aromatic N) is 1. The second-order valence-corrected chi connectivity index (χ2v) is 4.90. The molecule has 17 heavy (non-hydrogen) atoms. The largest absolute Gasteiger partial charge is 0.508 e. The van der Waals surface area contributed by atoms with Crippen LogP contribution in [0.25, 0.3) is 0 Å². The lowest BCUT2D eigenvalue weighted by molar-refractivity contribution is -0.110. The molecule has 1 aliphatic rings. The van der Waals surface area contributed by atoms with E-state index in [1.807, 2.05) is 6.07 Å². The third kappa shape index (κ3) is 2.86. The van der Waals surface area contributed by atoms with Crippen molar-refractivity contribution in [3.63, 3.8) is 0 Å². The molecule has 1 aliphatic heterocycles. The van der Waals surface area contributed by atoms with Crippen LogP contribution in [0, 0.1) is 5.92 Å². The Morgan fingerprint density at radius 1 is 1.41 bits per heavy atom. The van der Waals surface area contributed by atoms with E-state index in [0.29, 0.717) is 5.92 Å². The maximum Gasteiger partial charge on any atom is 0.127 e. The zero-order valence-electron chi connectivity index (χ0n) is 10.2. The van der Waals surface area contributed by atoms with Crippen LogP contribution < -0.4 is 0 Å². The van der Waals surface area contributed by atoms with Crippen molar-refractivity contribution in [2.24, 2.45) is 5.92 Å². The number of rotatable bonds is 3. The van der Waals surface area contributed by atoms with E-state index in [1.165, 1.54) is 0 Å². The zero-order chi connectivity index (χ0) is 12.3. The standard InChI is InChI=1S/C14H19NO2/c1-15-7-5-11(6-8-15)14(10-16)12-3-2-4-13(17)9-12/h2-4,9-11,14,17H,5-8H2,1H3. The number of aldehydes is 1. The first-order chi connectivity index (χ1) is 8.20. The lowest BCUT2D eigenvalue weighted by Gasteiger charge is -2.32. The van der Waals surface area contributed by atoms with Crippen LogP contribution in [-0.2, 0) is 4.79 Å². The lowest BCUT2D eigenvalue weighted by Crippen LogP contribution is -2.33. The smallest absolute Gasteiger partial charge is 0.127 e. The summed E-state index contributed by atoms with van der Waals surface area (Å²) < 4.78 is 0. The maximum atomic E-state index is 11.3. The Morgan fingerprint density at radius 3 is 2.71 bits per heavy atom.